The number of rotatable bonds is 8. The molecule has 174 valence electrons. The SMILES string of the molecule is COc1ccc(COc2ccc3cc(/C=C4\SC(=S)N(CC(=O)O)C4=O)ccc3c2)cc1OC. The molecule has 3 aromatic rings. The summed E-state index contributed by atoms with van der Waals surface area (Å²) in [4.78, 5) is 24.9. The molecular weight excluding hydrogens is 474 g/mol. The lowest BCUT2D eigenvalue weighted by Gasteiger charge is -2.11. The second-order valence-corrected chi connectivity index (χ2v) is 9.08. The van der Waals surface area contributed by atoms with Gasteiger partial charge in [0.05, 0.1) is 19.1 Å². The van der Waals surface area contributed by atoms with E-state index < -0.39 is 18.4 Å². The number of carbonyl (C=O) groups excluding carboxylic acids is 1. The van der Waals surface area contributed by atoms with Crippen LogP contribution in [0.4, 0.5) is 0 Å². The van der Waals surface area contributed by atoms with Gasteiger partial charge in [-0.2, -0.15) is 0 Å². The first-order valence-electron chi connectivity index (χ1n) is 10.2. The molecule has 1 fully saturated rings. The molecule has 1 aliphatic rings. The van der Waals surface area contributed by atoms with Crippen molar-refractivity contribution in [3.05, 3.63) is 70.6 Å². The topological polar surface area (TPSA) is 85.3 Å². The largest absolute Gasteiger partial charge is 0.493 e. The van der Waals surface area contributed by atoms with Crippen LogP contribution in [0.1, 0.15) is 11.1 Å². The van der Waals surface area contributed by atoms with Gasteiger partial charge in [0.25, 0.3) is 5.91 Å². The van der Waals surface area contributed by atoms with E-state index in [1.165, 1.54) is 0 Å². The van der Waals surface area contributed by atoms with Crippen molar-refractivity contribution in [3.63, 3.8) is 0 Å². The molecule has 0 unspecified atom stereocenters. The second kappa shape index (κ2) is 10.1. The molecule has 1 N–H and O–H groups in total. The summed E-state index contributed by atoms with van der Waals surface area (Å²) in [5, 5.41) is 10.9. The Morgan fingerprint density at radius 3 is 2.50 bits per heavy atom. The van der Waals surface area contributed by atoms with Crippen LogP contribution >= 0.6 is 24.0 Å². The number of amides is 1. The van der Waals surface area contributed by atoms with Gasteiger partial charge in [-0.1, -0.05) is 48.2 Å². The number of thioether (sulfide) groups is 1. The normalized spacial score (nSPS) is 14.6. The lowest BCUT2D eigenvalue weighted by molar-refractivity contribution is -0.140. The highest BCUT2D eigenvalue weighted by molar-refractivity contribution is 8.26. The van der Waals surface area contributed by atoms with E-state index in [0.29, 0.717) is 23.0 Å². The number of hydrogen-bond acceptors (Lipinski definition) is 7. The fraction of sp³-hybridized carbons (Fsp3) is 0.160. The number of carboxylic acid groups (broad SMARTS) is 1. The average Bonchev–Trinajstić information content (AvgIpc) is 3.09. The van der Waals surface area contributed by atoms with Gasteiger partial charge in [0.2, 0.25) is 0 Å². The van der Waals surface area contributed by atoms with Gasteiger partial charge in [-0.3, -0.25) is 14.5 Å². The highest BCUT2D eigenvalue weighted by Gasteiger charge is 2.33. The van der Waals surface area contributed by atoms with E-state index >= 15 is 0 Å². The zero-order valence-electron chi connectivity index (χ0n) is 18.4. The zero-order chi connectivity index (χ0) is 24.2. The highest BCUT2D eigenvalue weighted by Crippen LogP contribution is 2.33. The van der Waals surface area contributed by atoms with Gasteiger partial charge in [0.15, 0.2) is 11.5 Å². The summed E-state index contributed by atoms with van der Waals surface area (Å²) in [6.07, 6.45) is 1.72. The van der Waals surface area contributed by atoms with Gasteiger partial charge in [-0.05, 0) is 58.3 Å². The average molecular weight is 496 g/mol. The summed E-state index contributed by atoms with van der Waals surface area (Å²) in [7, 11) is 3.19. The van der Waals surface area contributed by atoms with Gasteiger partial charge in [-0.15, -0.1) is 0 Å². The number of aliphatic carboxylic acids is 1. The fourth-order valence-electron chi connectivity index (χ4n) is 3.48. The predicted octanol–water partition coefficient (Wildman–Crippen LogP) is 4.72. The molecule has 0 atom stereocenters. The number of hydrogen-bond donors (Lipinski definition) is 1. The van der Waals surface area contributed by atoms with E-state index in [-0.39, 0.29) is 4.32 Å². The number of fused-ring (bicyclic) bond motifs is 1. The first-order chi connectivity index (χ1) is 16.4. The molecule has 0 radical (unpaired) electrons. The molecule has 3 aromatic carbocycles. The van der Waals surface area contributed by atoms with E-state index in [1.54, 1.807) is 20.3 Å². The van der Waals surface area contributed by atoms with Gasteiger partial charge in [-0.25, -0.2) is 0 Å². The van der Waals surface area contributed by atoms with Crippen molar-refractivity contribution in [2.24, 2.45) is 0 Å². The molecule has 0 bridgehead atoms. The van der Waals surface area contributed by atoms with Gasteiger partial charge in [0.1, 0.15) is 23.2 Å². The molecule has 9 heteroatoms. The van der Waals surface area contributed by atoms with E-state index in [4.69, 9.17) is 31.5 Å². The van der Waals surface area contributed by atoms with Gasteiger partial charge in [0, 0.05) is 0 Å². The molecule has 1 aliphatic heterocycles. The van der Waals surface area contributed by atoms with Crippen molar-refractivity contribution in [2.45, 2.75) is 6.61 Å². The third-order valence-corrected chi connectivity index (χ3v) is 6.53. The Hall–Kier alpha value is -3.56. The standard InChI is InChI=1S/C25H21NO6S2/c1-30-20-8-4-16(10-21(20)31-2)14-32-19-7-6-17-9-15(3-5-18(17)12-19)11-22-24(29)26(13-23(27)28)25(33)34-22/h3-12H,13-14H2,1-2H3,(H,27,28)/b22-11-. The third kappa shape index (κ3) is 5.16. The number of nitrogens with zero attached hydrogens (tertiary/aromatic N) is 1. The van der Waals surface area contributed by atoms with E-state index in [2.05, 4.69) is 0 Å². The molecule has 7 nitrogen and oxygen atoms in total. The van der Waals surface area contributed by atoms with Crippen molar-refractivity contribution in [3.8, 4) is 17.2 Å². The maximum absolute atomic E-state index is 12.5. The summed E-state index contributed by atoms with van der Waals surface area (Å²) in [6, 6.07) is 17.2. The van der Waals surface area contributed by atoms with Crippen LogP contribution in [0, 0.1) is 0 Å². The van der Waals surface area contributed by atoms with Crippen LogP contribution in [0.3, 0.4) is 0 Å². The van der Waals surface area contributed by atoms with Crippen LogP contribution in [0.5, 0.6) is 17.2 Å². The van der Waals surface area contributed by atoms with Gasteiger partial charge >= 0.3 is 5.97 Å². The van der Waals surface area contributed by atoms with E-state index in [1.807, 2.05) is 54.6 Å². The molecule has 0 saturated carbocycles. The van der Waals surface area contributed by atoms with E-state index in [0.717, 1.165) is 44.3 Å². The Labute approximate surface area is 205 Å². The number of ether oxygens (including phenoxy) is 3. The fourth-order valence-corrected chi connectivity index (χ4v) is 4.74. The minimum atomic E-state index is -1.10. The highest BCUT2D eigenvalue weighted by atomic mass is 32.2. The van der Waals surface area contributed by atoms with Crippen molar-refractivity contribution in [2.75, 3.05) is 20.8 Å². The van der Waals surface area contributed by atoms with Crippen LogP contribution in [-0.2, 0) is 16.2 Å². The van der Waals surface area contributed by atoms with Crippen molar-refractivity contribution in [1.82, 2.24) is 4.90 Å². The maximum atomic E-state index is 12.5. The summed E-state index contributed by atoms with van der Waals surface area (Å²) in [5.74, 6) is 0.541. The first-order valence-corrected chi connectivity index (χ1v) is 11.4. The van der Waals surface area contributed by atoms with Crippen molar-refractivity contribution >= 4 is 57.0 Å². The molecular formula is C25H21NO6S2. The molecule has 1 amide bonds. The van der Waals surface area contributed by atoms with Crippen LogP contribution in [0.15, 0.2) is 59.5 Å². The number of benzene rings is 3. The van der Waals surface area contributed by atoms with Crippen LogP contribution in [-0.4, -0.2) is 47.0 Å². The Bertz CT molecular complexity index is 1320. The Balaban J connectivity index is 1.48. The molecule has 0 aromatic heterocycles. The summed E-state index contributed by atoms with van der Waals surface area (Å²) < 4.78 is 16.8. The zero-order valence-corrected chi connectivity index (χ0v) is 20.1. The number of methoxy groups -OCH3 is 2. The summed E-state index contributed by atoms with van der Waals surface area (Å²) in [5.41, 5.74) is 1.77. The van der Waals surface area contributed by atoms with Gasteiger partial charge < -0.3 is 19.3 Å². The number of carbonyl (C=O) groups is 2. The molecule has 34 heavy (non-hydrogen) atoms. The Morgan fingerprint density at radius 2 is 1.76 bits per heavy atom. The third-order valence-electron chi connectivity index (χ3n) is 5.15. The van der Waals surface area contributed by atoms with Crippen molar-refractivity contribution < 1.29 is 28.9 Å². The summed E-state index contributed by atoms with van der Waals surface area (Å²) in [6.45, 7) is -0.0616. The number of thiocarbonyl (C=S) groups is 1. The smallest absolute Gasteiger partial charge is 0.323 e. The molecule has 1 heterocycles. The number of carboxylic acids is 1. The van der Waals surface area contributed by atoms with Crippen LogP contribution in [0.2, 0.25) is 0 Å². The van der Waals surface area contributed by atoms with Crippen LogP contribution < -0.4 is 14.2 Å². The molecule has 0 aliphatic carbocycles. The lowest BCUT2D eigenvalue weighted by Crippen LogP contribution is -2.33. The Morgan fingerprint density at radius 1 is 1.03 bits per heavy atom. The second-order valence-electron chi connectivity index (χ2n) is 7.41. The van der Waals surface area contributed by atoms with Crippen molar-refractivity contribution in [1.29, 1.82) is 0 Å². The minimum Gasteiger partial charge on any atom is -0.493 e. The van der Waals surface area contributed by atoms with E-state index in [9.17, 15) is 9.59 Å². The molecule has 1 saturated heterocycles. The minimum absolute atomic E-state index is 0.246. The predicted molar refractivity (Wildman–Crippen MR) is 135 cm³/mol. The van der Waals surface area contributed by atoms with Crippen LogP contribution in [0.25, 0.3) is 16.8 Å². The Kier molecular flexibility index (Phi) is 7.04. The lowest BCUT2D eigenvalue weighted by atomic mass is 10.1. The maximum Gasteiger partial charge on any atom is 0.323 e. The summed E-state index contributed by atoms with van der Waals surface area (Å²) >= 11 is 6.25. The molecule has 4 rings (SSSR count). The monoisotopic (exact) mass is 495 g/mol. The first kappa shape index (κ1) is 23.6. The quantitative estimate of drug-likeness (QED) is 0.355. The molecule has 0 spiro atoms.